The quantitative estimate of drug-likeness (QED) is 0.751. The van der Waals surface area contributed by atoms with Crippen LogP contribution >= 0.6 is 0 Å². The van der Waals surface area contributed by atoms with Crippen LogP contribution in [-0.4, -0.2) is 55.4 Å². The van der Waals surface area contributed by atoms with Crippen LogP contribution in [0.15, 0.2) is 0 Å². The minimum atomic E-state index is -2.44. The van der Waals surface area contributed by atoms with Crippen molar-refractivity contribution in [1.29, 1.82) is 0 Å². The maximum atomic E-state index is 12.8. The number of nitrogens with zero attached hydrogens (tertiary/aromatic N) is 2. The highest BCUT2D eigenvalue weighted by Crippen LogP contribution is 2.43. The molecule has 2 fully saturated rings. The molecular weight excluding hydrogens is 286 g/mol. The van der Waals surface area contributed by atoms with Crippen molar-refractivity contribution >= 4 is 5.91 Å². The van der Waals surface area contributed by atoms with Gasteiger partial charge in [-0.3, -0.25) is 4.79 Å². The van der Waals surface area contributed by atoms with Crippen LogP contribution in [0.3, 0.4) is 0 Å². The Kier molecular flexibility index (Phi) is 5.15. The highest BCUT2D eigenvalue weighted by atomic mass is 19.3. The average Bonchev–Trinajstić information content (AvgIpc) is 2.72. The van der Waals surface area contributed by atoms with E-state index < -0.39 is 5.92 Å². The van der Waals surface area contributed by atoms with Gasteiger partial charge in [0, 0.05) is 45.4 Å². The Bertz CT molecular complexity index is 403. The van der Waals surface area contributed by atoms with E-state index in [1.54, 1.807) is 0 Å². The van der Waals surface area contributed by atoms with E-state index in [1.165, 1.54) is 0 Å². The maximum Gasteiger partial charge on any atom is 0.248 e. The molecule has 0 N–H and O–H groups in total. The lowest BCUT2D eigenvalue weighted by Crippen LogP contribution is -2.44. The van der Waals surface area contributed by atoms with Gasteiger partial charge in [0.1, 0.15) is 0 Å². The lowest BCUT2D eigenvalue weighted by Gasteiger charge is -2.37. The molecule has 22 heavy (non-hydrogen) atoms. The Hall–Kier alpha value is -0.710. The standard InChI is InChI=1S/C17H30F2N2O/c1-16(2)7-5-6-14(16)15(22)21(4)9-8-20(3)12-13-10-17(18,19)11-13/h13-14H,5-12H2,1-4H3. The molecule has 0 spiro atoms. The topological polar surface area (TPSA) is 23.6 Å². The first-order chi connectivity index (χ1) is 10.1. The van der Waals surface area contributed by atoms with Gasteiger partial charge in [-0.2, -0.15) is 0 Å². The number of rotatable bonds is 6. The smallest absolute Gasteiger partial charge is 0.248 e. The summed E-state index contributed by atoms with van der Waals surface area (Å²) < 4.78 is 25.7. The van der Waals surface area contributed by atoms with E-state index in [4.69, 9.17) is 0 Å². The fraction of sp³-hybridized carbons (Fsp3) is 0.941. The van der Waals surface area contributed by atoms with Gasteiger partial charge in [-0.05, 0) is 31.2 Å². The van der Waals surface area contributed by atoms with Crippen molar-refractivity contribution in [2.24, 2.45) is 17.3 Å². The molecule has 0 heterocycles. The van der Waals surface area contributed by atoms with Gasteiger partial charge in [-0.25, -0.2) is 8.78 Å². The monoisotopic (exact) mass is 316 g/mol. The van der Waals surface area contributed by atoms with Crippen LogP contribution < -0.4 is 0 Å². The molecule has 5 heteroatoms. The van der Waals surface area contributed by atoms with E-state index in [2.05, 4.69) is 18.7 Å². The molecule has 0 aromatic rings. The normalized spacial score (nSPS) is 27.0. The first kappa shape index (κ1) is 17.6. The summed E-state index contributed by atoms with van der Waals surface area (Å²) in [6.45, 7) is 6.48. The summed E-state index contributed by atoms with van der Waals surface area (Å²) in [4.78, 5) is 16.5. The number of hydrogen-bond acceptors (Lipinski definition) is 2. The van der Waals surface area contributed by atoms with Crippen molar-refractivity contribution < 1.29 is 13.6 Å². The first-order valence-electron chi connectivity index (χ1n) is 8.42. The van der Waals surface area contributed by atoms with Gasteiger partial charge in [-0.1, -0.05) is 20.3 Å². The van der Waals surface area contributed by atoms with E-state index in [1.807, 2.05) is 19.0 Å². The van der Waals surface area contributed by atoms with Crippen LogP contribution in [-0.2, 0) is 4.79 Å². The van der Waals surface area contributed by atoms with Crippen LogP contribution in [0, 0.1) is 17.3 Å². The second kappa shape index (κ2) is 6.42. The summed E-state index contributed by atoms with van der Waals surface area (Å²) in [6, 6.07) is 0. The summed E-state index contributed by atoms with van der Waals surface area (Å²) in [6.07, 6.45) is 3.27. The first-order valence-corrected chi connectivity index (χ1v) is 8.42. The summed E-state index contributed by atoms with van der Waals surface area (Å²) in [5, 5.41) is 0. The van der Waals surface area contributed by atoms with Crippen molar-refractivity contribution in [2.75, 3.05) is 33.7 Å². The molecule has 0 aliphatic heterocycles. The number of likely N-dealkylation sites (N-methyl/N-ethyl adjacent to an activating group) is 2. The zero-order chi connectivity index (χ0) is 16.5. The van der Waals surface area contributed by atoms with Crippen molar-refractivity contribution in [3.8, 4) is 0 Å². The Morgan fingerprint density at radius 2 is 1.82 bits per heavy atom. The van der Waals surface area contributed by atoms with E-state index in [0.717, 1.165) is 25.8 Å². The summed E-state index contributed by atoms with van der Waals surface area (Å²) in [5.74, 6) is -1.96. The van der Waals surface area contributed by atoms with Gasteiger partial charge in [-0.15, -0.1) is 0 Å². The Labute approximate surface area is 133 Å². The highest BCUT2D eigenvalue weighted by Gasteiger charge is 2.45. The van der Waals surface area contributed by atoms with Gasteiger partial charge in [0.05, 0.1) is 0 Å². The molecule has 128 valence electrons. The van der Waals surface area contributed by atoms with Crippen LogP contribution in [0.25, 0.3) is 0 Å². The van der Waals surface area contributed by atoms with Crippen LogP contribution in [0.5, 0.6) is 0 Å². The van der Waals surface area contributed by atoms with Gasteiger partial charge in [0.15, 0.2) is 0 Å². The van der Waals surface area contributed by atoms with Crippen LogP contribution in [0.1, 0.15) is 46.0 Å². The number of alkyl halides is 2. The third-order valence-electron chi connectivity index (χ3n) is 5.49. The molecule has 0 saturated heterocycles. The summed E-state index contributed by atoms with van der Waals surface area (Å²) in [7, 11) is 3.82. The number of halogens is 2. The van der Waals surface area contributed by atoms with E-state index in [9.17, 15) is 13.6 Å². The van der Waals surface area contributed by atoms with Gasteiger partial charge in [0.2, 0.25) is 11.8 Å². The molecule has 0 bridgehead atoms. The van der Waals surface area contributed by atoms with Crippen molar-refractivity contribution in [1.82, 2.24) is 9.80 Å². The molecule has 2 saturated carbocycles. The lowest BCUT2D eigenvalue weighted by molar-refractivity contribution is -0.137. The van der Waals surface area contributed by atoms with Gasteiger partial charge >= 0.3 is 0 Å². The molecular formula is C17H30F2N2O. The number of hydrogen-bond donors (Lipinski definition) is 0. The van der Waals surface area contributed by atoms with Crippen molar-refractivity contribution in [2.45, 2.75) is 51.9 Å². The molecule has 0 radical (unpaired) electrons. The molecule has 1 atom stereocenters. The molecule has 0 aromatic carbocycles. The molecule has 2 rings (SSSR count). The van der Waals surface area contributed by atoms with Gasteiger partial charge in [0.25, 0.3) is 0 Å². The predicted molar refractivity (Wildman–Crippen MR) is 83.9 cm³/mol. The molecule has 3 nitrogen and oxygen atoms in total. The van der Waals surface area contributed by atoms with Crippen LogP contribution in [0.2, 0.25) is 0 Å². The third kappa shape index (κ3) is 4.18. The molecule has 2 aliphatic rings. The van der Waals surface area contributed by atoms with E-state index in [0.29, 0.717) is 13.1 Å². The van der Waals surface area contributed by atoms with Crippen molar-refractivity contribution in [3.63, 3.8) is 0 Å². The average molecular weight is 316 g/mol. The Morgan fingerprint density at radius 3 is 2.32 bits per heavy atom. The van der Waals surface area contributed by atoms with Crippen molar-refractivity contribution in [3.05, 3.63) is 0 Å². The number of amides is 1. The molecule has 1 unspecified atom stereocenters. The molecule has 0 aromatic heterocycles. The Balaban J connectivity index is 1.71. The predicted octanol–water partition coefficient (Wildman–Crippen LogP) is 3.25. The van der Waals surface area contributed by atoms with Gasteiger partial charge < -0.3 is 9.80 Å². The van der Waals surface area contributed by atoms with E-state index >= 15 is 0 Å². The Morgan fingerprint density at radius 1 is 1.18 bits per heavy atom. The molecule has 2 aliphatic carbocycles. The largest absolute Gasteiger partial charge is 0.344 e. The minimum absolute atomic E-state index is 0.0162. The summed E-state index contributed by atoms with van der Waals surface area (Å²) >= 11 is 0. The zero-order valence-electron chi connectivity index (χ0n) is 14.4. The summed E-state index contributed by atoms with van der Waals surface area (Å²) in [5.41, 5.74) is 0.106. The lowest BCUT2D eigenvalue weighted by atomic mass is 9.81. The SMILES string of the molecule is CN(CCN(C)C(=O)C1CCCC1(C)C)CC1CC(F)(F)C1. The molecule has 1 amide bonds. The minimum Gasteiger partial charge on any atom is -0.344 e. The zero-order valence-corrected chi connectivity index (χ0v) is 14.4. The van der Waals surface area contributed by atoms with Crippen LogP contribution in [0.4, 0.5) is 8.78 Å². The van der Waals surface area contributed by atoms with E-state index in [-0.39, 0.29) is 36.0 Å². The number of carbonyl (C=O) groups excluding carboxylic acids is 1. The second-order valence-electron chi connectivity index (χ2n) is 8.09. The highest BCUT2D eigenvalue weighted by molar-refractivity contribution is 5.79. The second-order valence-corrected chi connectivity index (χ2v) is 8.09. The number of carbonyl (C=O) groups is 1. The third-order valence-corrected chi connectivity index (χ3v) is 5.49. The fourth-order valence-electron chi connectivity index (χ4n) is 3.93. The maximum absolute atomic E-state index is 12.8. The fourth-order valence-corrected chi connectivity index (χ4v) is 3.93.